The van der Waals surface area contributed by atoms with Crippen molar-refractivity contribution in [3.8, 4) is 5.75 Å². The van der Waals surface area contributed by atoms with E-state index in [0.29, 0.717) is 13.1 Å². The number of hydrogen-bond acceptors (Lipinski definition) is 5. The molecule has 0 aliphatic carbocycles. The Hall–Kier alpha value is -1.44. The molecule has 0 aliphatic rings. The number of rotatable bonds is 6. The molecule has 0 atom stereocenters. The number of aromatic nitrogens is 1. The van der Waals surface area contributed by atoms with E-state index in [1.807, 2.05) is 29.6 Å². The van der Waals surface area contributed by atoms with Gasteiger partial charge in [-0.25, -0.2) is 13.4 Å². The van der Waals surface area contributed by atoms with Crippen molar-refractivity contribution in [2.75, 3.05) is 13.4 Å². The Balaban J connectivity index is 2.15. The molecule has 1 heterocycles. The molecule has 0 amide bonds. The molecule has 2 aromatic rings. The van der Waals surface area contributed by atoms with Gasteiger partial charge in [-0.05, 0) is 17.7 Å². The maximum absolute atomic E-state index is 11.9. The van der Waals surface area contributed by atoms with Gasteiger partial charge in [0.1, 0.15) is 10.8 Å². The van der Waals surface area contributed by atoms with Gasteiger partial charge in [0.15, 0.2) is 0 Å². The lowest BCUT2D eigenvalue weighted by molar-refractivity contribution is 0.402. The topological polar surface area (TPSA) is 59.5 Å². The molecule has 0 spiro atoms. The van der Waals surface area contributed by atoms with E-state index in [4.69, 9.17) is 4.74 Å². The van der Waals surface area contributed by atoms with Crippen molar-refractivity contribution < 1.29 is 13.2 Å². The molecular weight excluding hydrogens is 296 g/mol. The van der Waals surface area contributed by atoms with Crippen LogP contribution < -0.4 is 4.74 Å². The van der Waals surface area contributed by atoms with Gasteiger partial charge in [-0.15, -0.1) is 11.3 Å². The number of thiazole rings is 1. The van der Waals surface area contributed by atoms with Gasteiger partial charge in [0.05, 0.1) is 19.9 Å². The first-order valence-electron chi connectivity index (χ1n) is 5.95. The van der Waals surface area contributed by atoms with Crippen LogP contribution in [0.5, 0.6) is 5.75 Å². The molecule has 7 heteroatoms. The van der Waals surface area contributed by atoms with Crippen LogP contribution >= 0.6 is 11.3 Å². The van der Waals surface area contributed by atoms with E-state index < -0.39 is 10.0 Å². The highest BCUT2D eigenvalue weighted by atomic mass is 32.2. The molecule has 1 aromatic heterocycles. The zero-order valence-corrected chi connectivity index (χ0v) is 12.9. The van der Waals surface area contributed by atoms with Crippen LogP contribution in [-0.4, -0.2) is 31.1 Å². The third-order valence-corrected chi connectivity index (χ3v) is 4.74. The first-order chi connectivity index (χ1) is 9.49. The van der Waals surface area contributed by atoms with Crippen LogP contribution in [0.3, 0.4) is 0 Å². The monoisotopic (exact) mass is 312 g/mol. The maximum atomic E-state index is 11.9. The molecule has 20 heavy (non-hydrogen) atoms. The molecule has 108 valence electrons. The van der Waals surface area contributed by atoms with Gasteiger partial charge in [-0.1, -0.05) is 12.1 Å². The van der Waals surface area contributed by atoms with Crippen molar-refractivity contribution in [1.82, 2.24) is 9.29 Å². The summed E-state index contributed by atoms with van der Waals surface area (Å²) in [6.07, 6.45) is 2.89. The normalized spacial score (nSPS) is 11.8. The second-order valence-corrected chi connectivity index (χ2v) is 7.27. The number of hydrogen-bond donors (Lipinski definition) is 0. The fourth-order valence-electron chi connectivity index (χ4n) is 1.71. The molecule has 2 rings (SSSR count). The summed E-state index contributed by atoms with van der Waals surface area (Å²) < 4.78 is 30.2. The average Bonchev–Trinajstić information content (AvgIpc) is 2.91. The summed E-state index contributed by atoms with van der Waals surface area (Å²) >= 11 is 1.45. The SMILES string of the molecule is COc1ccc(CN(Cc2nccs2)S(C)(=O)=O)cc1. The Morgan fingerprint density at radius 1 is 1.25 bits per heavy atom. The second-order valence-electron chi connectivity index (χ2n) is 4.30. The lowest BCUT2D eigenvalue weighted by Crippen LogP contribution is -2.29. The van der Waals surface area contributed by atoms with Gasteiger partial charge in [-0.2, -0.15) is 4.31 Å². The number of sulfonamides is 1. The summed E-state index contributed by atoms with van der Waals surface area (Å²) in [5.41, 5.74) is 0.910. The summed E-state index contributed by atoms with van der Waals surface area (Å²) in [5, 5.41) is 2.62. The summed E-state index contributed by atoms with van der Waals surface area (Å²) in [4.78, 5) is 4.13. The fraction of sp³-hybridized carbons (Fsp3) is 0.308. The Morgan fingerprint density at radius 3 is 2.45 bits per heavy atom. The highest BCUT2D eigenvalue weighted by molar-refractivity contribution is 7.88. The van der Waals surface area contributed by atoms with Gasteiger partial charge in [0, 0.05) is 18.1 Å². The third kappa shape index (κ3) is 4.03. The highest BCUT2D eigenvalue weighted by Gasteiger charge is 2.18. The van der Waals surface area contributed by atoms with Crippen molar-refractivity contribution in [3.05, 3.63) is 46.4 Å². The first-order valence-corrected chi connectivity index (χ1v) is 8.68. The molecule has 0 bridgehead atoms. The predicted octanol–water partition coefficient (Wildman–Crippen LogP) is 2.11. The average molecular weight is 312 g/mol. The van der Waals surface area contributed by atoms with E-state index in [-0.39, 0.29) is 0 Å². The minimum Gasteiger partial charge on any atom is -0.497 e. The number of methoxy groups -OCH3 is 1. The van der Waals surface area contributed by atoms with Gasteiger partial charge >= 0.3 is 0 Å². The van der Waals surface area contributed by atoms with Crippen molar-refractivity contribution in [2.24, 2.45) is 0 Å². The fourth-order valence-corrected chi connectivity index (χ4v) is 3.16. The molecule has 0 unspecified atom stereocenters. The summed E-state index contributed by atoms with van der Waals surface area (Å²) in [7, 11) is -1.69. The third-order valence-electron chi connectivity index (χ3n) is 2.78. The lowest BCUT2D eigenvalue weighted by atomic mass is 10.2. The molecular formula is C13H16N2O3S2. The molecule has 0 N–H and O–H groups in total. The molecule has 1 aromatic carbocycles. The van der Waals surface area contributed by atoms with Crippen LogP contribution in [0.1, 0.15) is 10.6 Å². The van der Waals surface area contributed by atoms with Gasteiger partial charge in [0.2, 0.25) is 10.0 Å². The van der Waals surface area contributed by atoms with Gasteiger partial charge in [0.25, 0.3) is 0 Å². The molecule has 0 aliphatic heterocycles. The lowest BCUT2D eigenvalue weighted by Gasteiger charge is -2.18. The molecule has 0 fully saturated rings. The first kappa shape index (κ1) is 15.0. The minimum absolute atomic E-state index is 0.294. The van der Waals surface area contributed by atoms with Crippen LogP contribution in [0.2, 0.25) is 0 Å². The smallest absolute Gasteiger partial charge is 0.211 e. The predicted molar refractivity (Wildman–Crippen MR) is 79.2 cm³/mol. The van der Waals surface area contributed by atoms with Crippen LogP contribution in [0.25, 0.3) is 0 Å². The zero-order chi connectivity index (χ0) is 14.6. The Bertz CT molecular complexity index is 637. The highest BCUT2D eigenvalue weighted by Crippen LogP contribution is 2.17. The zero-order valence-electron chi connectivity index (χ0n) is 11.3. The number of benzene rings is 1. The standard InChI is InChI=1S/C13H16N2O3S2/c1-18-12-5-3-11(4-6-12)9-15(20(2,16)17)10-13-14-7-8-19-13/h3-8H,9-10H2,1-2H3. The molecule has 0 radical (unpaired) electrons. The van der Waals surface area contributed by atoms with E-state index in [9.17, 15) is 8.42 Å². The van der Waals surface area contributed by atoms with E-state index in [0.717, 1.165) is 16.3 Å². The largest absolute Gasteiger partial charge is 0.497 e. The van der Waals surface area contributed by atoms with Crippen LogP contribution in [-0.2, 0) is 23.1 Å². The summed E-state index contributed by atoms with van der Waals surface area (Å²) in [6.45, 7) is 0.616. The van der Waals surface area contributed by atoms with E-state index in [1.54, 1.807) is 13.3 Å². The number of nitrogens with zero attached hydrogens (tertiary/aromatic N) is 2. The van der Waals surface area contributed by atoms with Gasteiger partial charge in [-0.3, -0.25) is 0 Å². The second kappa shape index (κ2) is 6.34. The van der Waals surface area contributed by atoms with E-state index in [1.165, 1.54) is 21.9 Å². The molecule has 0 saturated heterocycles. The Morgan fingerprint density at radius 2 is 1.95 bits per heavy atom. The van der Waals surface area contributed by atoms with Crippen molar-refractivity contribution in [1.29, 1.82) is 0 Å². The molecule has 0 saturated carbocycles. The summed E-state index contributed by atoms with van der Waals surface area (Å²) in [5.74, 6) is 0.750. The van der Waals surface area contributed by atoms with E-state index >= 15 is 0 Å². The van der Waals surface area contributed by atoms with Crippen LogP contribution in [0.4, 0.5) is 0 Å². The van der Waals surface area contributed by atoms with Crippen molar-refractivity contribution >= 4 is 21.4 Å². The van der Waals surface area contributed by atoms with E-state index in [2.05, 4.69) is 4.98 Å². The van der Waals surface area contributed by atoms with Gasteiger partial charge < -0.3 is 4.74 Å². The quantitative estimate of drug-likeness (QED) is 0.820. The van der Waals surface area contributed by atoms with Crippen molar-refractivity contribution in [3.63, 3.8) is 0 Å². The Kier molecular flexibility index (Phi) is 4.74. The molecule has 5 nitrogen and oxygen atoms in total. The minimum atomic E-state index is -3.29. The maximum Gasteiger partial charge on any atom is 0.211 e. The number of ether oxygens (including phenoxy) is 1. The van der Waals surface area contributed by atoms with Crippen molar-refractivity contribution in [2.45, 2.75) is 13.1 Å². The Labute approximate surface area is 122 Å². The summed E-state index contributed by atoms with van der Waals surface area (Å²) in [6, 6.07) is 7.36. The van der Waals surface area contributed by atoms with Crippen LogP contribution in [0.15, 0.2) is 35.8 Å². The van der Waals surface area contributed by atoms with Crippen LogP contribution in [0, 0.1) is 0 Å².